The van der Waals surface area contributed by atoms with E-state index in [1.54, 1.807) is 30.3 Å². The van der Waals surface area contributed by atoms with Crippen LogP contribution >= 0.6 is 11.8 Å². The molecule has 3 aromatic rings. The number of carbonyl (C=O) groups excluding carboxylic acids is 3. The Hall–Kier alpha value is -3.98. The van der Waals surface area contributed by atoms with Crippen molar-refractivity contribution >= 4 is 40.6 Å². The fourth-order valence-corrected chi connectivity index (χ4v) is 4.09. The largest absolute Gasteiger partial charge is 0.457 e. The maximum atomic E-state index is 12.7. The van der Waals surface area contributed by atoms with E-state index in [2.05, 4.69) is 5.32 Å². The molecule has 1 fully saturated rings. The molecule has 0 aliphatic carbocycles. The maximum absolute atomic E-state index is 12.7. The third kappa shape index (κ3) is 3.97. The van der Waals surface area contributed by atoms with Gasteiger partial charge in [0, 0.05) is 23.4 Å². The summed E-state index contributed by atoms with van der Waals surface area (Å²) in [7, 11) is 0. The van der Waals surface area contributed by atoms with Crippen LogP contribution in [0.4, 0.5) is 10.5 Å². The molecular formula is C23H16N2O6S. The van der Waals surface area contributed by atoms with Gasteiger partial charge < -0.3 is 19.2 Å². The number of hydrogen-bond donors (Lipinski definition) is 1. The highest BCUT2D eigenvalue weighted by atomic mass is 32.2. The molecule has 2 aromatic carbocycles. The van der Waals surface area contributed by atoms with Gasteiger partial charge in [-0.15, -0.1) is 0 Å². The Morgan fingerprint density at radius 3 is 2.69 bits per heavy atom. The Balaban J connectivity index is 1.26. The molecule has 1 N–H and O–H groups in total. The van der Waals surface area contributed by atoms with Crippen LogP contribution in [0.2, 0.25) is 0 Å². The number of rotatable bonds is 5. The van der Waals surface area contributed by atoms with Gasteiger partial charge in [0.15, 0.2) is 11.5 Å². The molecule has 32 heavy (non-hydrogen) atoms. The Morgan fingerprint density at radius 2 is 1.84 bits per heavy atom. The van der Waals surface area contributed by atoms with Crippen LogP contribution in [0.15, 0.2) is 70.0 Å². The van der Waals surface area contributed by atoms with Crippen molar-refractivity contribution in [2.75, 3.05) is 18.7 Å². The summed E-state index contributed by atoms with van der Waals surface area (Å²) >= 11 is 0.768. The molecule has 2 aliphatic heterocycles. The van der Waals surface area contributed by atoms with Gasteiger partial charge >= 0.3 is 0 Å². The van der Waals surface area contributed by atoms with Gasteiger partial charge in [-0.1, -0.05) is 30.3 Å². The number of benzene rings is 2. The molecular weight excluding hydrogens is 432 g/mol. The highest BCUT2D eigenvalue weighted by molar-refractivity contribution is 8.18. The van der Waals surface area contributed by atoms with E-state index in [4.69, 9.17) is 13.9 Å². The summed E-state index contributed by atoms with van der Waals surface area (Å²) in [6.07, 6.45) is 1.51. The van der Waals surface area contributed by atoms with Crippen LogP contribution in [-0.4, -0.2) is 35.3 Å². The number of ether oxygens (including phenoxy) is 2. The predicted molar refractivity (Wildman–Crippen MR) is 118 cm³/mol. The van der Waals surface area contributed by atoms with E-state index in [1.165, 1.54) is 6.08 Å². The first-order chi connectivity index (χ1) is 15.6. The normalized spacial score (nSPS) is 16.1. The minimum absolute atomic E-state index is 0.123. The minimum Gasteiger partial charge on any atom is -0.457 e. The average Bonchev–Trinajstić information content (AvgIpc) is 3.51. The van der Waals surface area contributed by atoms with Crippen molar-refractivity contribution in [1.29, 1.82) is 0 Å². The van der Waals surface area contributed by atoms with Gasteiger partial charge in [0.05, 0.1) is 4.91 Å². The van der Waals surface area contributed by atoms with Crippen LogP contribution in [0.3, 0.4) is 0 Å². The van der Waals surface area contributed by atoms with Crippen molar-refractivity contribution in [2.45, 2.75) is 0 Å². The van der Waals surface area contributed by atoms with Crippen molar-refractivity contribution in [3.8, 4) is 22.8 Å². The first-order valence-electron chi connectivity index (χ1n) is 9.67. The number of hydrogen-bond acceptors (Lipinski definition) is 7. The third-order valence-corrected chi connectivity index (χ3v) is 5.70. The lowest BCUT2D eigenvalue weighted by molar-refractivity contribution is -0.127. The molecule has 0 radical (unpaired) electrons. The topological polar surface area (TPSA) is 98.1 Å². The maximum Gasteiger partial charge on any atom is 0.294 e. The zero-order chi connectivity index (χ0) is 22.1. The molecule has 0 saturated carbocycles. The number of amides is 3. The summed E-state index contributed by atoms with van der Waals surface area (Å²) in [6.45, 7) is -0.276. The Morgan fingerprint density at radius 1 is 1.03 bits per heavy atom. The van der Waals surface area contributed by atoms with Crippen LogP contribution in [0.1, 0.15) is 5.76 Å². The van der Waals surface area contributed by atoms with Crippen LogP contribution in [0.5, 0.6) is 11.5 Å². The van der Waals surface area contributed by atoms with Gasteiger partial charge in [0.25, 0.3) is 11.1 Å². The molecule has 0 spiro atoms. The second-order valence-electron chi connectivity index (χ2n) is 6.95. The number of imide groups is 1. The Kier molecular flexibility index (Phi) is 5.16. The van der Waals surface area contributed by atoms with Crippen LogP contribution in [-0.2, 0) is 9.59 Å². The number of thioether (sulfide) groups is 1. The van der Waals surface area contributed by atoms with Gasteiger partial charge in [0.1, 0.15) is 18.1 Å². The predicted octanol–water partition coefficient (Wildman–Crippen LogP) is 4.35. The zero-order valence-electron chi connectivity index (χ0n) is 16.6. The first kappa shape index (κ1) is 20.0. The van der Waals surface area contributed by atoms with E-state index in [9.17, 15) is 14.4 Å². The molecule has 1 aromatic heterocycles. The van der Waals surface area contributed by atoms with E-state index < -0.39 is 23.6 Å². The fourth-order valence-electron chi connectivity index (χ4n) is 3.27. The lowest BCUT2D eigenvalue weighted by Crippen LogP contribution is -2.36. The van der Waals surface area contributed by atoms with Gasteiger partial charge in [-0.25, -0.2) is 0 Å². The molecule has 1 saturated heterocycles. The zero-order valence-corrected chi connectivity index (χ0v) is 17.4. The van der Waals surface area contributed by atoms with Gasteiger partial charge in [-0.05, 0) is 36.0 Å². The van der Waals surface area contributed by atoms with E-state index in [1.807, 2.05) is 30.3 Å². The van der Waals surface area contributed by atoms with Crippen molar-refractivity contribution in [3.63, 3.8) is 0 Å². The Bertz CT molecular complexity index is 1250. The summed E-state index contributed by atoms with van der Waals surface area (Å²) in [5, 5.41) is 2.14. The standard InChI is InChI=1S/C23H16N2O6S/c26-21(24-15-6-8-18-19(10-15)30-13-29-18)12-25-22(27)20(32-23(25)28)11-16-7-9-17(31-16)14-4-2-1-3-5-14/h1-11H,12-13H2,(H,24,26)/b20-11-. The summed E-state index contributed by atoms with van der Waals surface area (Å²) in [5.74, 6) is 1.16. The van der Waals surface area contributed by atoms with Crippen molar-refractivity contribution in [3.05, 3.63) is 71.3 Å². The summed E-state index contributed by atoms with van der Waals surface area (Å²) in [6, 6.07) is 18.0. The van der Waals surface area contributed by atoms with Crippen molar-refractivity contribution in [2.24, 2.45) is 0 Å². The van der Waals surface area contributed by atoms with Crippen molar-refractivity contribution < 1.29 is 28.3 Å². The second kappa shape index (κ2) is 8.27. The molecule has 3 amide bonds. The number of furan rings is 1. The number of nitrogens with zero attached hydrogens (tertiary/aromatic N) is 1. The van der Waals surface area contributed by atoms with E-state index in [-0.39, 0.29) is 11.7 Å². The summed E-state index contributed by atoms with van der Waals surface area (Å²) < 4.78 is 16.3. The Labute approximate surface area is 186 Å². The highest BCUT2D eigenvalue weighted by Gasteiger charge is 2.36. The molecule has 2 aliphatic rings. The average molecular weight is 448 g/mol. The first-order valence-corrected chi connectivity index (χ1v) is 10.5. The third-order valence-electron chi connectivity index (χ3n) is 4.79. The summed E-state index contributed by atoms with van der Waals surface area (Å²) in [5.41, 5.74) is 1.38. The highest BCUT2D eigenvalue weighted by Crippen LogP contribution is 2.35. The SMILES string of the molecule is O=C(CN1C(=O)S/C(=C\c2ccc(-c3ccccc3)o2)C1=O)Nc1ccc2c(c1)OCO2. The van der Waals surface area contributed by atoms with E-state index in [0.717, 1.165) is 22.2 Å². The molecule has 9 heteroatoms. The fraction of sp³-hybridized carbons (Fsp3) is 0.0870. The van der Waals surface area contributed by atoms with Crippen LogP contribution in [0, 0.1) is 0 Å². The van der Waals surface area contributed by atoms with Gasteiger partial charge in [0.2, 0.25) is 12.7 Å². The summed E-state index contributed by atoms with van der Waals surface area (Å²) in [4.78, 5) is 38.5. The number of fused-ring (bicyclic) bond motifs is 1. The molecule has 5 rings (SSSR count). The van der Waals surface area contributed by atoms with Gasteiger partial charge in [-0.3, -0.25) is 19.3 Å². The molecule has 0 unspecified atom stereocenters. The number of anilines is 1. The van der Waals surface area contributed by atoms with E-state index >= 15 is 0 Å². The molecule has 160 valence electrons. The lowest BCUT2D eigenvalue weighted by Gasteiger charge is -2.12. The molecule has 3 heterocycles. The van der Waals surface area contributed by atoms with Crippen LogP contribution < -0.4 is 14.8 Å². The molecule has 0 bridgehead atoms. The van der Waals surface area contributed by atoms with Crippen molar-refractivity contribution in [1.82, 2.24) is 4.90 Å². The smallest absolute Gasteiger partial charge is 0.294 e. The second-order valence-corrected chi connectivity index (χ2v) is 7.95. The number of carbonyl (C=O) groups is 3. The van der Waals surface area contributed by atoms with Gasteiger partial charge in [-0.2, -0.15) is 0 Å². The van der Waals surface area contributed by atoms with Crippen LogP contribution in [0.25, 0.3) is 17.4 Å². The minimum atomic E-state index is -0.543. The van der Waals surface area contributed by atoms with E-state index in [0.29, 0.717) is 28.7 Å². The quantitative estimate of drug-likeness (QED) is 0.580. The molecule has 0 atom stereocenters. The monoisotopic (exact) mass is 448 g/mol. The lowest BCUT2D eigenvalue weighted by atomic mass is 10.2. The molecule has 8 nitrogen and oxygen atoms in total. The number of nitrogens with one attached hydrogen (secondary N) is 1.